The van der Waals surface area contributed by atoms with E-state index in [1.807, 2.05) is 0 Å². The molecule has 1 unspecified atom stereocenters. The third kappa shape index (κ3) is 4.81. The number of nitrogens with two attached hydrogens (primary N) is 1. The molecule has 0 bridgehead atoms. The molecule has 17 heavy (non-hydrogen) atoms. The van der Waals surface area contributed by atoms with Crippen molar-refractivity contribution < 1.29 is 14.2 Å². The average Bonchev–Trinajstić information content (AvgIpc) is 2.30. The van der Waals surface area contributed by atoms with Gasteiger partial charge in [0.2, 0.25) is 0 Å². The molecule has 0 aliphatic heterocycles. The molecular formula is C13H20FNO2. The van der Waals surface area contributed by atoms with Crippen LogP contribution in [0.25, 0.3) is 0 Å². The Hall–Kier alpha value is -0.970. The summed E-state index contributed by atoms with van der Waals surface area (Å²) in [6.45, 7) is 0.791. The van der Waals surface area contributed by atoms with E-state index in [0.29, 0.717) is 19.4 Å². The zero-order valence-electron chi connectivity index (χ0n) is 10.2. The molecule has 1 atom stereocenters. The fourth-order valence-electron chi connectivity index (χ4n) is 1.89. The van der Waals surface area contributed by atoms with Crippen LogP contribution >= 0.6 is 0 Å². The van der Waals surface area contributed by atoms with E-state index in [1.165, 1.54) is 12.1 Å². The lowest BCUT2D eigenvalue weighted by Crippen LogP contribution is -2.37. The van der Waals surface area contributed by atoms with Gasteiger partial charge in [0.25, 0.3) is 0 Å². The summed E-state index contributed by atoms with van der Waals surface area (Å²) >= 11 is 0. The van der Waals surface area contributed by atoms with Crippen LogP contribution in [0.5, 0.6) is 0 Å². The van der Waals surface area contributed by atoms with Crippen LogP contribution in [-0.4, -0.2) is 31.0 Å². The van der Waals surface area contributed by atoms with Gasteiger partial charge in [0.15, 0.2) is 0 Å². The zero-order valence-corrected chi connectivity index (χ0v) is 10.2. The van der Waals surface area contributed by atoms with Crippen molar-refractivity contribution in [1.82, 2.24) is 0 Å². The minimum absolute atomic E-state index is 0.254. The highest BCUT2D eigenvalue weighted by Gasteiger charge is 2.26. The van der Waals surface area contributed by atoms with Crippen LogP contribution in [-0.2, 0) is 11.2 Å². The minimum atomic E-state index is -0.925. The molecule has 0 amide bonds. The van der Waals surface area contributed by atoms with Crippen LogP contribution in [0.4, 0.5) is 4.39 Å². The molecule has 0 fully saturated rings. The van der Waals surface area contributed by atoms with Crippen molar-refractivity contribution in [2.75, 3.05) is 20.3 Å². The molecule has 4 heteroatoms. The van der Waals surface area contributed by atoms with Gasteiger partial charge in [0, 0.05) is 13.5 Å². The summed E-state index contributed by atoms with van der Waals surface area (Å²) in [5, 5.41) is 10.4. The Morgan fingerprint density at radius 1 is 1.35 bits per heavy atom. The number of ether oxygens (including phenoxy) is 1. The molecule has 96 valence electrons. The first kappa shape index (κ1) is 14.1. The molecule has 0 heterocycles. The number of methoxy groups -OCH3 is 1. The van der Waals surface area contributed by atoms with Gasteiger partial charge in [-0.2, -0.15) is 0 Å². The van der Waals surface area contributed by atoms with Crippen LogP contribution in [0.15, 0.2) is 24.3 Å². The predicted octanol–water partition coefficient (Wildman–Crippen LogP) is 1.48. The molecule has 0 spiro atoms. The Morgan fingerprint density at radius 2 is 2.00 bits per heavy atom. The smallest absolute Gasteiger partial charge is 0.123 e. The highest BCUT2D eigenvalue weighted by Crippen LogP contribution is 2.20. The Kier molecular flexibility index (Phi) is 5.55. The van der Waals surface area contributed by atoms with Gasteiger partial charge in [-0.1, -0.05) is 12.1 Å². The van der Waals surface area contributed by atoms with Crippen LogP contribution in [0, 0.1) is 5.82 Å². The molecular weight excluding hydrogens is 221 g/mol. The summed E-state index contributed by atoms with van der Waals surface area (Å²) in [6.07, 6.45) is 1.76. The van der Waals surface area contributed by atoms with Crippen molar-refractivity contribution >= 4 is 0 Å². The maximum atomic E-state index is 12.8. The second-order valence-electron chi connectivity index (χ2n) is 4.35. The maximum absolute atomic E-state index is 12.8. The SMILES string of the molecule is COCC(O)(CCCN)Cc1ccc(F)cc1. The van der Waals surface area contributed by atoms with Gasteiger partial charge in [0.1, 0.15) is 5.82 Å². The number of halogens is 1. The van der Waals surface area contributed by atoms with E-state index in [1.54, 1.807) is 19.2 Å². The van der Waals surface area contributed by atoms with Crippen molar-refractivity contribution in [3.05, 3.63) is 35.6 Å². The van der Waals surface area contributed by atoms with E-state index in [-0.39, 0.29) is 12.4 Å². The molecule has 1 rings (SSSR count). The number of rotatable bonds is 7. The Bertz CT molecular complexity index is 329. The number of hydrogen-bond acceptors (Lipinski definition) is 3. The van der Waals surface area contributed by atoms with Gasteiger partial charge < -0.3 is 15.6 Å². The van der Waals surface area contributed by atoms with Crippen molar-refractivity contribution in [3.8, 4) is 0 Å². The van der Waals surface area contributed by atoms with E-state index in [0.717, 1.165) is 12.0 Å². The summed E-state index contributed by atoms with van der Waals surface area (Å²) in [6, 6.07) is 6.15. The maximum Gasteiger partial charge on any atom is 0.123 e. The molecule has 0 aliphatic rings. The fraction of sp³-hybridized carbons (Fsp3) is 0.538. The second-order valence-corrected chi connectivity index (χ2v) is 4.35. The van der Waals surface area contributed by atoms with Crippen molar-refractivity contribution in [3.63, 3.8) is 0 Å². The molecule has 0 radical (unpaired) electrons. The van der Waals surface area contributed by atoms with Crippen molar-refractivity contribution in [1.29, 1.82) is 0 Å². The standard InChI is InChI=1S/C13H20FNO2/c1-17-10-13(16,7-2-8-15)9-11-3-5-12(14)6-4-11/h3-6,16H,2,7-10,15H2,1H3. The lowest BCUT2D eigenvalue weighted by atomic mass is 9.90. The monoisotopic (exact) mass is 241 g/mol. The number of hydrogen-bond donors (Lipinski definition) is 2. The normalized spacial score (nSPS) is 14.6. The quantitative estimate of drug-likeness (QED) is 0.760. The number of aliphatic hydroxyl groups is 1. The summed E-state index contributed by atoms with van der Waals surface area (Å²) in [5.41, 5.74) is 5.41. The van der Waals surface area contributed by atoms with Crippen molar-refractivity contribution in [2.45, 2.75) is 24.9 Å². The van der Waals surface area contributed by atoms with Gasteiger partial charge >= 0.3 is 0 Å². The van der Waals surface area contributed by atoms with Gasteiger partial charge in [-0.25, -0.2) is 4.39 Å². The van der Waals surface area contributed by atoms with Gasteiger partial charge in [0.05, 0.1) is 12.2 Å². The molecule has 3 N–H and O–H groups in total. The Balaban J connectivity index is 2.67. The Morgan fingerprint density at radius 3 is 2.53 bits per heavy atom. The van der Waals surface area contributed by atoms with Crippen LogP contribution in [0.2, 0.25) is 0 Å². The van der Waals surface area contributed by atoms with E-state index < -0.39 is 5.60 Å². The van der Waals surface area contributed by atoms with E-state index >= 15 is 0 Å². The highest BCUT2D eigenvalue weighted by molar-refractivity contribution is 5.18. The first-order chi connectivity index (χ1) is 8.09. The molecule has 0 aromatic heterocycles. The summed E-state index contributed by atoms with van der Waals surface area (Å²) in [5.74, 6) is -0.272. The molecule has 1 aromatic carbocycles. The van der Waals surface area contributed by atoms with Gasteiger partial charge in [-0.3, -0.25) is 0 Å². The number of benzene rings is 1. The minimum Gasteiger partial charge on any atom is -0.387 e. The van der Waals surface area contributed by atoms with Crippen LogP contribution in [0.3, 0.4) is 0 Å². The van der Waals surface area contributed by atoms with E-state index in [9.17, 15) is 9.50 Å². The van der Waals surface area contributed by atoms with Crippen molar-refractivity contribution in [2.24, 2.45) is 5.73 Å². The lowest BCUT2D eigenvalue weighted by molar-refractivity contribution is -0.0375. The summed E-state index contributed by atoms with van der Waals surface area (Å²) < 4.78 is 17.8. The van der Waals surface area contributed by atoms with Crippen LogP contribution in [0.1, 0.15) is 18.4 Å². The first-order valence-electron chi connectivity index (χ1n) is 5.75. The topological polar surface area (TPSA) is 55.5 Å². The molecule has 0 aliphatic carbocycles. The Labute approximate surface area is 101 Å². The lowest BCUT2D eigenvalue weighted by Gasteiger charge is -2.27. The van der Waals surface area contributed by atoms with Gasteiger partial charge in [-0.15, -0.1) is 0 Å². The zero-order chi connectivity index (χ0) is 12.7. The van der Waals surface area contributed by atoms with E-state index in [2.05, 4.69) is 0 Å². The third-order valence-electron chi connectivity index (χ3n) is 2.71. The molecule has 0 saturated carbocycles. The van der Waals surface area contributed by atoms with Crippen LogP contribution < -0.4 is 5.73 Å². The van der Waals surface area contributed by atoms with E-state index in [4.69, 9.17) is 10.5 Å². The summed E-state index contributed by atoms with van der Waals surface area (Å²) in [4.78, 5) is 0. The molecule has 1 aromatic rings. The second kappa shape index (κ2) is 6.69. The summed E-state index contributed by atoms with van der Waals surface area (Å²) in [7, 11) is 1.55. The largest absolute Gasteiger partial charge is 0.387 e. The molecule has 0 saturated heterocycles. The highest BCUT2D eigenvalue weighted by atomic mass is 19.1. The van der Waals surface area contributed by atoms with Gasteiger partial charge in [-0.05, 0) is 37.1 Å². The molecule has 3 nitrogen and oxygen atoms in total. The fourth-order valence-corrected chi connectivity index (χ4v) is 1.89. The predicted molar refractivity (Wildman–Crippen MR) is 65.2 cm³/mol. The average molecular weight is 241 g/mol. The third-order valence-corrected chi connectivity index (χ3v) is 2.71. The first-order valence-corrected chi connectivity index (χ1v) is 5.75.